The average molecular weight is 290 g/mol. The first kappa shape index (κ1) is 12.0. The molecule has 0 radical (unpaired) electrons. The molecule has 0 saturated carbocycles. The number of hydrogen-bond acceptors (Lipinski definition) is 2. The number of carbonyl (C=O) groups is 1. The number of pyridine rings is 1. The molecular formula is C14H12BrNO. The van der Waals surface area contributed by atoms with E-state index in [1.165, 1.54) is 0 Å². The predicted octanol–water partition coefficient (Wildman–Crippen LogP) is 3.69. The third-order valence-corrected chi connectivity index (χ3v) is 3.06. The number of aryl methyl sites for hydroxylation is 2. The molecule has 1 aromatic carbocycles. The van der Waals surface area contributed by atoms with Crippen LogP contribution in [-0.4, -0.2) is 10.8 Å². The highest BCUT2D eigenvalue weighted by atomic mass is 79.9. The zero-order chi connectivity index (χ0) is 12.4. The zero-order valence-corrected chi connectivity index (χ0v) is 11.3. The molecule has 0 aliphatic carbocycles. The number of carbonyl (C=O) groups excluding carboxylic acids is 1. The number of aromatic nitrogens is 1. The van der Waals surface area contributed by atoms with Crippen molar-refractivity contribution in [3.63, 3.8) is 0 Å². The number of benzene rings is 1. The monoisotopic (exact) mass is 289 g/mol. The lowest BCUT2D eigenvalue weighted by atomic mass is 10.00. The Bertz CT molecular complexity index is 578. The van der Waals surface area contributed by atoms with Crippen molar-refractivity contribution in [1.82, 2.24) is 4.98 Å². The van der Waals surface area contributed by atoms with Crippen LogP contribution in [0.25, 0.3) is 0 Å². The molecule has 0 amide bonds. The number of rotatable bonds is 2. The van der Waals surface area contributed by atoms with E-state index < -0.39 is 0 Å². The maximum Gasteiger partial charge on any atom is 0.194 e. The molecule has 0 saturated heterocycles. The number of nitrogens with zero attached hydrogens (tertiary/aromatic N) is 1. The largest absolute Gasteiger partial charge is 0.289 e. The van der Waals surface area contributed by atoms with Gasteiger partial charge in [-0.15, -0.1) is 0 Å². The van der Waals surface area contributed by atoms with Crippen LogP contribution in [0.1, 0.15) is 27.0 Å². The van der Waals surface area contributed by atoms with Gasteiger partial charge in [0.25, 0.3) is 0 Å². The molecule has 3 heteroatoms. The van der Waals surface area contributed by atoms with Gasteiger partial charge in [-0.2, -0.15) is 0 Å². The first-order valence-corrected chi connectivity index (χ1v) is 6.10. The predicted molar refractivity (Wildman–Crippen MR) is 71.3 cm³/mol. The first-order chi connectivity index (χ1) is 8.08. The summed E-state index contributed by atoms with van der Waals surface area (Å²) in [4.78, 5) is 16.3. The van der Waals surface area contributed by atoms with Crippen molar-refractivity contribution in [2.24, 2.45) is 0 Å². The Labute approximate surface area is 109 Å². The summed E-state index contributed by atoms with van der Waals surface area (Å²) in [6.07, 6.45) is 3.35. The Kier molecular flexibility index (Phi) is 3.38. The highest BCUT2D eigenvalue weighted by Gasteiger charge is 2.12. The summed E-state index contributed by atoms with van der Waals surface area (Å²) in [5, 5.41) is 0. The van der Waals surface area contributed by atoms with E-state index >= 15 is 0 Å². The molecule has 0 spiro atoms. The van der Waals surface area contributed by atoms with Crippen LogP contribution in [0, 0.1) is 13.8 Å². The molecule has 1 aromatic heterocycles. The molecule has 0 aliphatic rings. The fourth-order valence-corrected chi connectivity index (χ4v) is 2.19. The van der Waals surface area contributed by atoms with Crippen LogP contribution in [0.4, 0.5) is 0 Å². The van der Waals surface area contributed by atoms with E-state index in [0.717, 1.165) is 21.2 Å². The van der Waals surface area contributed by atoms with Gasteiger partial charge in [-0.05, 0) is 49.2 Å². The highest BCUT2D eigenvalue weighted by molar-refractivity contribution is 9.10. The Hall–Kier alpha value is -1.48. The molecule has 0 atom stereocenters. The van der Waals surface area contributed by atoms with E-state index in [2.05, 4.69) is 20.9 Å². The molecule has 2 rings (SSSR count). The van der Waals surface area contributed by atoms with Crippen molar-refractivity contribution in [2.45, 2.75) is 13.8 Å². The normalized spacial score (nSPS) is 10.3. The van der Waals surface area contributed by atoms with Crippen LogP contribution in [0.3, 0.4) is 0 Å². The fraction of sp³-hybridized carbons (Fsp3) is 0.143. The zero-order valence-electron chi connectivity index (χ0n) is 9.70. The summed E-state index contributed by atoms with van der Waals surface area (Å²) in [6, 6.07) is 7.51. The standard InChI is InChI=1S/C14H12BrNO/c1-9-5-11(8-16-7-9)14(17)13-4-3-12(15)6-10(13)2/h3-8H,1-2H3. The summed E-state index contributed by atoms with van der Waals surface area (Å²) < 4.78 is 0.980. The Morgan fingerprint density at radius 2 is 1.94 bits per heavy atom. The van der Waals surface area contributed by atoms with Crippen LogP contribution < -0.4 is 0 Å². The fourth-order valence-electron chi connectivity index (χ4n) is 1.72. The van der Waals surface area contributed by atoms with Gasteiger partial charge in [0, 0.05) is 28.0 Å². The molecule has 2 nitrogen and oxygen atoms in total. The maximum atomic E-state index is 12.3. The molecule has 0 N–H and O–H groups in total. The van der Waals surface area contributed by atoms with Crippen molar-refractivity contribution in [3.8, 4) is 0 Å². The van der Waals surface area contributed by atoms with Crippen LogP contribution in [0.2, 0.25) is 0 Å². The molecule has 2 aromatic rings. The molecule has 0 bridgehead atoms. The van der Waals surface area contributed by atoms with Gasteiger partial charge in [0.05, 0.1) is 0 Å². The molecule has 0 unspecified atom stereocenters. The Morgan fingerprint density at radius 1 is 1.18 bits per heavy atom. The van der Waals surface area contributed by atoms with Gasteiger partial charge in [-0.1, -0.05) is 15.9 Å². The summed E-state index contributed by atoms with van der Waals surface area (Å²) in [6.45, 7) is 3.86. The highest BCUT2D eigenvalue weighted by Crippen LogP contribution is 2.19. The van der Waals surface area contributed by atoms with Gasteiger partial charge in [0.2, 0.25) is 0 Å². The summed E-state index contributed by atoms with van der Waals surface area (Å²) in [5.41, 5.74) is 3.31. The second kappa shape index (κ2) is 4.80. The summed E-state index contributed by atoms with van der Waals surface area (Å²) in [7, 11) is 0. The number of halogens is 1. The van der Waals surface area contributed by atoms with Crippen molar-refractivity contribution in [1.29, 1.82) is 0 Å². The van der Waals surface area contributed by atoms with E-state index in [4.69, 9.17) is 0 Å². The van der Waals surface area contributed by atoms with Gasteiger partial charge in [-0.3, -0.25) is 9.78 Å². The van der Waals surface area contributed by atoms with Gasteiger partial charge >= 0.3 is 0 Å². The minimum absolute atomic E-state index is 0.0196. The first-order valence-electron chi connectivity index (χ1n) is 5.30. The molecule has 86 valence electrons. The van der Waals surface area contributed by atoms with E-state index in [1.807, 2.05) is 38.1 Å². The SMILES string of the molecule is Cc1cncc(C(=O)c2ccc(Br)cc2C)c1. The Balaban J connectivity index is 2.44. The average Bonchev–Trinajstić information content (AvgIpc) is 2.28. The minimum Gasteiger partial charge on any atom is -0.289 e. The van der Waals surface area contributed by atoms with E-state index in [-0.39, 0.29) is 5.78 Å². The van der Waals surface area contributed by atoms with Crippen molar-refractivity contribution in [2.75, 3.05) is 0 Å². The van der Waals surface area contributed by atoms with Gasteiger partial charge in [-0.25, -0.2) is 0 Å². The van der Waals surface area contributed by atoms with Gasteiger partial charge in [0.15, 0.2) is 5.78 Å². The van der Waals surface area contributed by atoms with E-state index in [0.29, 0.717) is 5.56 Å². The van der Waals surface area contributed by atoms with Gasteiger partial charge in [0.1, 0.15) is 0 Å². The molecule has 0 aliphatic heterocycles. The lowest BCUT2D eigenvalue weighted by Gasteiger charge is -2.05. The topological polar surface area (TPSA) is 30.0 Å². The summed E-state index contributed by atoms with van der Waals surface area (Å²) in [5.74, 6) is 0.0196. The molecule has 17 heavy (non-hydrogen) atoms. The smallest absolute Gasteiger partial charge is 0.194 e. The van der Waals surface area contributed by atoms with Crippen LogP contribution >= 0.6 is 15.9 Å². The molecule has 1 heterocycles. The lowest BCUT2D eigenvalue weighted by Crippen LogP contribution is -2.04. The quantitative estimate of drug-likeness (QED) is 0.789. The van der Waals surface area contributed by atoms with Crippen molar-refractivity contribution >= 4 is 21.7 Å². The maximum absolute atomic E-state index is 12.3. The molecule has 0 fully saturated rings. The second-order valence-corrected chi connectivity index (χ2v) is 4.96. The summed E-state index contributed by atoms with van der Waals surface area (Å²) >= 11 is 3.39. The third kappa shape index (κ3) is 2.61. The Morgan fingerprint density at radius 3 is 2.59 bits per heavy atom. The number of ketones is 1. The van der Waals surface area contributed by atoms with Crippen LogP contribution in [0.15, 0.2) is 41.1 Å². The van der Waals surface area contributed by atoms with Crippen LogP contribution in [0.5, 0.6) is 0 Å². The van der Waals surface area contributed by atoms with E-state index in [9.17, 15) is 4.79 Å². The number of hydrogen-bond donors (Lipinski definition) is 0. The van der Waals surface area contributed by atoms with Crippen molar-refractivity contribution in [3.05, 3.63) is 63.4 Å². The van der Waals surface area contributed by atoms with Crippen molar-refractivity contribution < 1.29 is 4.79 Å². The van der Waals surface area contributed by atoms with E-state index in [1.54, 1.807) is 12.4 Å². The molecular weight excluding hydrogens is 278 g/mol. The third-order valence-electron chi connectivity index (χ3n) is 2.57. The van der Waals surface area contributed by atoms with Gasteiger partial charge < -0.3 is 0 Å². The second-order valence-electron chi connectivity index (χ2n) is 4.04. The lowest BCUT2D eigenvalue weighted by molar-refractivity contribution is 0.103. The van der Waals surface area contributed by atoms with Crippen LogP contribution in [-0.2, 0) is 0 Å². The minimum atomic E-state index is 0.0196.